The number of amides is 1. The van der Waals surface area contributed by atoms with Crippen molar-refractivity contribution in [3.8, 4) is 0 Å². The van der Waals surface area contributed by atoms with Gasteiger partial charge in [-0.05, 0) is 35.4 Å². The third kappa shape index (κ3) is 6.70. The topological polar surface area (TPSA) is 104 Å². The summed E-state index contributed by atoms with van der Waals surface area (Å²) in [5.41, 5.74) is 8.15. The minimum Gasteiger partial charge on any atom is -0.404 e. The highest BCUT2D eigenvalue weighted by atomic mass is 19.3. The van der Waals surface area contributed by atoms with E-state index in [1.807, 2.05) is 0 Å². The summed E-state index contributed by atoms with van der Waals surface area (Å²) in [6.45, 7) is -2.01. The molecule has 3 rings (SSSR count). The first-order chi connectivity index (χ1) is 15.6. The molecule has 11 heteroatoms. The maximum absolute atomic E-state index is 13.3. The average molecular weight is 463 g/mol. The average Bonchev–Trinajstić information content (AvgIpc) is 2.73. The van der Waals surface area contributed by atoms with Gasteiger partial charge in [0.25, 0.3) is 0 Å². The van der Waals surface area contributed by atoms with Crippen LogP contribution in [-0.2, 0) is 16.1 Å². The zero-order valence-electron chi connectivity index (χ0n) is 17.3. The van der Waals surface area contributed by atoms with Crippen LogP contribution in [0.4, 0.5) is 23.2 Å². The fourth-order valence-electron chi connectivity index (χ4n) is 3.29. The zero-order chi connectivity index (χ0) is 24.1. The van der Waals surface area contributed by atoms with E-state index in [0.29, 0.717) is 28.0 Å². The molecule has 0 radical (unpaired) electrons. The summed E-state index contributed by atoms with van der Waals surface area (Å²) in [6.07, 6.45) is 0.376. The molecule has 0 spiro atoms. The van der Waals surface area contributed by atoms with Crippen LogP contribution >= 0.6 is 0 Å². The van der Waals surface area contributed by atoms with Crippen molar-refractivity contribution in [2.24, 2.45) is 5.73 Å². The Bertz CT molecular complexity index is 1050. The number of halogens is 4. The van der Waals surface area contributed by atoms with Gasteiger partial charge in [0.05, 0.1) is 13.1 Å². The molecule has 1 aromatic heterocycles. The summed E-state index contributed by atoms with van der Waals surface area (Å²) in [7, 11) is 0. The van der Waals surface area contributed by atoms with Gasteiger partial charge in [-0.2, -0.15) is 17.6 Å². The van der Waals surface area contributed by atoms with Gasteiger partial charge < -0.3 is 16.5 Å². The Morgan fingerprint density at radius 2 is 1.85 bits per heavy atom. The molecule has 0 unspecified atom stereocenters. The number of rotatable bonds is 7. The molecule has 1 aromatic carbocycles. The molecule has 174 valence electrons. The first-order valence-corrected chi connectivity index (χ1v) is 9.74. The molecule has 0 atom stereocenters. The molecule has 0 saturated carbocycles. The number of alkyl halides is 4. The molecular formula is C22H21F4N5O2. The highest BCUT2D eigenvalue weighted by Crippen LogP contribution is 2.34. The molecule has 0 aliphatic carbocycles. The van der Waals surface area contributed by atoms with Crippen LogP contribution in [0.5, 0.6) is 0 Å². The predicted octanol–water partition coefficient (Wildman–Crippen LogP) is 3.70. The van der Waals surface area contributed by atoms with Crippen molar-refractivity contribution in [1.29, 1.82) is 5.41 Å². The van der Waals surface area contributed by atoms with Crippen molar-refractivity contribution in [1.82, 2.24) is 9.88 Å². The first kappa shape index (κ1) is 24.1. The number of hydrogen-bond acceptors (Lipinski definition) is 6. The van der Waals surface area contributed by atoms with Gasteiger partial charge in [-0.25, -0.2) is 0 Å². The highest BCUT2D eigenvalue weighted by Gasteiger charge is 2.51. The van der Waals surface area contributed by atoms with Gasteiger partial charge in [0, 0.05) is 54.3 Å². The van der Waals surface area contributed by atoms with Crippen molar-refractivity contribution in [2.45, 2.75) is 18.8 Å². The second-order valence-electron chi connectivity index (χ2n) is 7.27. The molecule has 4 N–H and O–H groups in total. The Morgan fingerprint density at radius 1 is 1.18 bits per heavy atom. The number of nitrogens with two attached hydrogens (primary N) is 1. The number of hydrogen-bond donors (Lipinski definition) is 3. The fraction of sp³-hybridized carbons (Fsp3) is 0.227. The van der Waals surface area contributed by atoms with E-state index in [4.69, 9.17) is 11.1 Å². The number of anilines is 1. The number of ether oxygens (including phenoxy) is 1. The van der Waals surface area contributed by atoms with Gasteiger partial charge >= 0.3 is 12.2 Å². The lowest BCUT2D eigenvalue weighted by Crippen LogP contribution is -2.54. The predicted molar refractivity (Wildman–Crippen MR) is 116 cm³/mol. The van der Waals surface area contributed by atoms with Gasteiger partial charge in [-0.1, -0.05) is 12.1 Å². The van der Waals surface area contributed by atoms with Crippen LogP contribution in [0.2, 0.25) is 0 Å². The largest absolute Gasteiger partial charge is 0.404 e. The standard InChI is InChI=1S/C22H21F4N5O2/c23-21(24)13-31(14-22(25,26)33-21)12-15-1-4-18(5-2-15)30-20(32)6-3-16-11-29-8-7-19(16)17(9-27)10-28/h1-11,27H,12-14,28H2,(H,30,32)/b6-3+,17-10?,27-9?. The smallest absolute Gasteiger partial charge is 0.372 e. The third-order valence-corrected chi connectivity index (χ3v) is 4.65. The van der Waals surface area contributed by atoms with E-state index < -0.39 is 31.2 Å². The highest BCUT2D eigenvalue weighted by molar-refractivity contribution is 6.10. The number of aromatic nitrogens is 1. The van der Waals surface area contributed by atoms with Crippen LogP contribution in [0.1, 0.15) is 16.7 Å². The molecule has 1 fully saturated rings. The SMILES string of the molecule is N=CC(=CN)c1ccncc1/C=C/C(=O)Nc1ccc(CN2CC(F)(F)OC(F)(F)C2)cc1. The number of pyridine rings is 1. The second kappa shape index (κ2) is 9.92. The van der Waals surface area contributed by atoms with Crippen LogP contribution in [0, 0.1) is 5.41 Å². The number of allylic oxidation sites excluding steroid dienone is 1. The van der Waals surface area contributed by atoms with E-state index in [2.05, 4.69) is 15.0 Å². The van der Waals surface area contributed by atoms with Crippen LogP contribution in [0.25, 0.3) is 11.6 Å². The van der Waals surface area contributed by atoms with Crippen LogP contribution < -0.4 is 11.1 Å². The van der Waals surface area contributed by atoms with Crippen LogP contribution in [-0.4, -0.2) is 47.3 Å². The Morgan fingerprint density at radius 3 is 2.45 bits per heavy atom. The van der Waals surface area contributed by atoms with Crippen molar-refractivity contribution < 1.29 is 27.1 Å². The summed E-state index contributed by atoms with van der Waals surface area (Å²) in [5, 5.41) is 10.1. The molecule has 0 bridgehead atoms. The van der Waals surface area contributed by atoms with Crippen molar-refractivity contribution in [3.63, 3.8) is 0 Å². The van der Waals surface area contributed by atoms with Gasteiger partial charge in [0.2, 0.25) is 5.91 Å². The van der Waals surface area contributed by atoms with E-state index in [1.54, 1.807) is 24.4 Å². The van der Waals surface area contributed by atoms with Crippen molar-refractivity contribution in [3.05, 3.63) is 71.7 Å². The van der Waals surface area contributed by atoms with Gasteiger partial charge in [0.1, 0.15) is 0 Å². The lowest BCUT2D eigenvalue weighted by atomic mass is 10.0. The van der Waals surface area contributed by atoms with E-state index >= 15 is 0 Å². The van der Waals surface area contributed by atoms with Crippen LogP contribution in [0.15, 0.2) is 55.0 Å². The Hall–Kier alpha value is -3.57. The molecule has 2 heterocycles. The number of benzene rings is 1. The van der Waals surface area contributed by atoms with E-state index in [1.165, 1.54) is 36.7 Å². The summed E-state index contributed by atoms with van der Waals surface area (Å²) >= 11 is 0. The summed E-state index contributed by atoms with van der Waals surface area (Å²) < 4.78 is 56.9. The fourth-order valence-corrected chi connectivity index (χ4v) is 3.29. The second-order valence-corrected chi connectivity index (χ2v) is 7.27. The molecule has 2 aromatic rings. The first-order valence-electron chi connectivity index (χ1n) is 9.74. The lowest BCUT2D eigenvalue weighted by molar-refractivity contribution is -0.405. The zero-order valence-corrected chi connectivity index (χ0v) is 17.3. The Kier molecular flexibility index (Phi) is 7.24. The van der Waals surface area contributed by atoms with Gasteiger partial charge in [0.15, 0.2) is 0 Å². The summed E-state index contributed by atoms with van der Waals surface area (Å²) in [5.74, 6) is -0.446. The molecule has 7 nitrogen and oxygen atoms in total. The number of morpholine rings is 1. The molecular weight excluding hydrogens is 442 g/mol. The third-order valence-electron chi connectivity index (χ3n) is 4.65. The molecule has 33 heavy (non-hydrogen) atoms. The maximum Gasteiger partial charge on any atom is 0.372 e. The molecule has 1 amide bonds. The van der Waals surface area contributed by atoms with E-state index in [0.717, 1.165) is 11.1 Å². The van der Waals surface area contributed by atoms with Gasteiger partial charge in [-0.3, -0.25) is 19.4 Å². The maximum atomic E-state index is 13.3. The lowest BCUT2D eigenvalue weighted by Gasteiger charge is -2.36. The normalized spacial score (nSPS) is 18.2. The van der Waals surface area contributed by atoms with E-state index in [-0.39, 0.29) is 6.54 Å². The summed E-state index contributed by atoms with van der Waals surface area (Å²) in [6, 6.07) is 7.84. The summed E-state index contributed by atoms with van der Waals surface area (Å²) in [4.78, 5) is 17.2. The number of carbonyl (C=O) groups excluding carboxylic acids is 1. The Balaban J connectivity index is 1.62. The number of nitrogens with zero attached hydrogens (tertiary/aromatic N) is 2. The minimum absolute atomic E-state index is 0.129. The van der Waals surface area contributed by atoms with Gasteiger partial charge in [-0.15, -0.1) is 0 Å². The minimum atomic E-state index is -3.93. The van der Waals surface area contributed by atoms with Crippen molar-refractivity contribution in [2.75, 3.05) is 18.4 Å². The van der Waals surface area contributed by atoms with E-state index in [9.17, 15) is 22.4 Å². The quantitative estimate of drug-likeness (QED) is 0.330. The Labute approximate surface area is 187 Å². The van der Waals surface area contributed by atoms with Crippen molar-refractivity contribution >= 4 is 29.5 Å². The van der Waals surface area contributed by atoms with Crippen LogP contribution in [0.3, 0.4) is 0 Å². The molecule has 1 aliphatic rings. The number of nitrogens with one attached hydrogen (secondary N) is 2. The number of carbonyl (C=O) groups is 1. The molecule has 1 saturated heterocycles. The molecule has 1 aliphatic heterocycles. The monoisotopic (exact) mass is 463 g/mol.